The first-order valence-corrected chi connectivity index (χ1v) is 4.48. The topological polar surface area (TPSA) is 84.3 Å². The normalized spacial score (nSPS) is 9.86. The van der Waals surface area contributed by atoms with E-state index in [1.165, 1.54) is 19.2 Å². The number of rotatable bonds is 1. The molecule has 0 bridgehead atoms. The molecule has 0 unspecified atom stereocenters. The fourth-order valence-corrected chi connectivity index (χ4v) is 1.73. The van der Waals surface area contributed by atoms with Crippen molar-refractivity contribution in [3.63, 3.8) is 0 Å². The molecule has 0 fully saturated rings. The number of carboxylic acid groups (broad SMARTS) is 1. The molecule has 1 heterocycles. The lowest BCUT2D eigenvalue weighted by atomic mass is 10.2. The van der Waals surface area contributed by atoms with Gasteiger partial charge in [-0.2, -0.15) is 4.79 Å². The Morgan fingerprint density at radius 3 is 2.57 bits per heavy atom. The van der Waals surface area contributed by atoms with E-state index in [0.29, 0.717) is 10.2 Å². The number of amides is 1. The van der Waals surface area contributed by atoms with E-state index in [0.717, 1.165) is 4.57 Å². The highest BCUT2D eigenvalue weighted by Crippen LogP contribution is 2.16. The van der Waals surface area contributed by atoms with E-state index in [4.69, 9.17) is 10.8 Å². The van der Waals surface area contributed by atoms with Crippen LogP contribution in [0.15, 0.2) is 16.7 Å². The van der Waals surface area contributed by atoms with Crippen LogP contribution >= 0.6 is 15.9 Å². The molecule has 0 aromatic carbocycles. The number of hydrogen-bond donors (Lipinski definition) is 2. The summed E-state index contributed by atoms with van der Waals surface area (Å²) in [6.07, 6.45) is 0.186. The maximum atomic E-state index is 11.0. The van der Waals surface area contributed by atoms with Crippen molar-refractivity contribution in [1.29, 1.82) is 0 Å². The zero-order valence-electron chi connectivity index (χ0n) is 7.32. The van der Waals surface area contributed by atoms with Crippen LogP contribution in [0.2, 0.25) is 0 Å². The summed E-state index contributed by atoms with van der Waals surface area (Å²) in [5.74, 6) is -0.662. The van der Waals surface area contributed by atoms with E-state index in [1.54, 1.807) is 0 Å². The molecule has 1 aromatic rings. The van der Waals surface area contributed by atoms with Crippen molar-refractivity contribution in [2.75, 3.05) is 0 Å². The highest BCUT2D eigenvalue weighted by molar-refractivity contribution is 9.10. The molecule has 0 aliphatic heterocycles. The molecule has 0 atom stereocenters. The Hall–Kier alpha value is -1.43. The van der Waals surface area contributed by atoms with Crippen molar-refractivity contribution in [2.24, 2.45) is 5.73 Å². The summed E-state index contributed by atoms with van der Waals surface area (Å²) < 4.78 is 1.42. The number of halogens is 1. The summed E-state index contributed by atoms with van der Waals surface area (Å²) in [4.78, 5) is 21.7. The first kappa shape index (κ1) is 10.6. The van der Waals surface area contributed by atoms with Gasteiger partial charge in [0.2, 0.25) is 5.69 Å². The molecular weight excluding hydrogens is 252 g/mol. The SMILES string of the molecule is Cc1c(C(N)=O)c(Br)cc[n+]1C(=O)O. The second-order valence-corrected chi connectivity index (χ2v) is 3.50. The number of pyridine rings is 1. The fourth-order valence-electron chi connectivity index (χ4n) is 1.13. The Bertz CT molecular complexity index is 417. The third kappa shape index (κ3) is 1.74. The monoisotopic (exact) mass is 259 g/mol. The molecule has 0 saturated heterocycles. The third-order valence-electron chi connectivity index (χ3n) is 1.78. The quantitative estimate of drug-likeness (QED) is 0.728. The van der Waals surface area contributed by atoms with Crippen molar-refractivity contribution in [1.82, 2.24) is 0 Å². The molecule has 3 N–H and O–H groups in total. The minimum absolute atomic E-state index is 0.176. The Morgan fingerprint density at radius 1 is 1.57 bits per heavy atom. The number of nitrogens with two attached hydrogens (primary N) is 1. The maximum Gasteiger partial charge on any atom is 0.599 e. The van der Waals surface area contributed by atoms with Gasteiger partial charge in [0.1, 0.15) is 5.56 Å². The van der Waals surface area contributed by atoms with E-state index < -0.39 is 12.0 Å². The number of primary amides is 1. The Kier molecular flexibility index (Phi) is 2.85. The van der Waals surface area contributed by atoms with E-state index in [2.05, 4.69) is 15.9 Å². The molecular formula is C8H8BrN2O3+. The van der Waals surface area contributed by atoms with Crippen molar-refractivity contribution < 1.29 is 19.3 Å². The number of aromatic nitrogens is 1. The second-order valence-electron chi connectivity index (χ2n) is 2.64. The summed E-state index contributed by atoms with van der Waals surface area (Å²) in [5, 5.41) is 8.76. The van der Waals surface area contributed by atoms with Crippen LogP contribution in [0.4, 0.5) is 4.79 Å². The second kappa shape index (κ2) is 3.75. The van der Waals surface area contributed by atoms with Crippen LogP contribution in [0.1, 0.15) is 16.1 Å². The van der Waals surface area contributed by atoms with Gasteiger partial charge in [0.05, 0.1) is 0 Å². The van der Waals surface area contributed by atoms with Crippen molar-refractivity contribution in [3.8, 4) is 0 Å². The largest absolute Gasteiger partial charge is 0.599 e. The van der Waals surface area contributed by atoms with Crippen LogP contribution in [0.3, 0.4) is 0 Å². The lowest BCUT2D eigenvalue weighted by molar-refractivity contribution is -0.591. The van der Waals surface area contributed by atoms with Gasteiger partial charge in [0.25, 0.3) is 5.91 Å². The third-order valence-corrected chi connectivity index (χ3v) is 2.45. The molecule has 5 nitrogen and oxygen atoms in total. The van der Waals surface area contributed by atoms with Gasteiger partial charge in [-0.3, -0.25) is 4.79 Å². The summed E-state index contributed by atoms with van der Waals surface area (Å²) in [6, 6.07) is 1.46. The number of nitrogens with zero attached hydrogens (tertiary/aromatic N) is 1. The average Bonchev–Trinajstić information content (AvgIpc) is 2.02. The van der Waals surface area contributed by atoms with Crippen LogP contribution < -0.4 is 10.3 Å². The van der Waals surface area contributed by atoms with Gasteiger partial charge in [0, 0.05) is 17.5 Å². The van der Waals surface area contributed by atoms with Crippen LogP contribution in [-0.2, 0) is 0 Å². The van der Waals surface area contributed by atoms with E-state index >= 15 is 0 Å². The van der Waals surface area contributed by atoms with Crippen LogP contribution in [0.25, 0.3) is 0 Å². The van der Waals surface area contributed by atoms with Gasteiger partial charge in [-0.05, 0) is 15.9 Å². The van der Waals surface area contributed by atoms with Gasteiger partial charge < -0.3 is 10.8 Å². The van der Waals surface area contributed by atoms with Crippen LogP contribution in [0, 0.1) is 6.92 Å². The molecule has 1 amide bonds. The smallest absolute Gasteiger partial charge is 0.427 e. The van der Waals surface area contributed by atoms with Gasteiger partial charge >= 0.3 is 6.09 Å². The molecule has 0 aliphatic rings. The maximum absolute atomic E-state index is 11.0. The Labute approximate surface area is 88.3 Å². The van der Waals surface area contributed by atoms with Gasteiger partial charge in [-0.15, -0.1) is 0 Å². The molecule has 1 aromatic heterocycles. The van der Waals surface area contributed by atoms with Gasteiger partial charge in [-0.25, -0.2) is 0 Å². The average molecular weight is 260 g/mol. The molecule has 0 saturated carbocycles. The van der Waals surface area contributed by atoms with E-state index in [-0.39, 0.29) is 5.56 Å². The molecule has 0 radical (unpaired) electrons. The highest BCUT2D eigenvalue weighted by atomic mass is 79.9. The molecule has 1 rings (SSSR count). The summed E-state index contributed by atoms with van der Waals surface area (Å²) in [5.41, 5.74) is 5.58. The number of hydrogen-bond acceptors (Lipinski definition) is 2. The molecule has 0 aliphatic carbocycles. The minimum Gasteiger partial charge on any atom is -0.427 e. The standard InChI is InChI=1S/C8H7BrN2O3/c1-4-6(7(10)12)5(9)2-3-11(4)8(13)14/h2-3H,1H3,(H2-,10,12,13,14)/p+1. The fraction of sp³-hybridized carbons (Fsp3) is 0.125. The number of carbonyl (C=O) groups is 2. The van der Waals surface area contributed by atoms with Gasteiger partial charge in [-0.1, -0.05) is 4.57 Å². The molecule has 14 heavy (non-hydrogen) atoms. The molecule has 74 valence electrons. The highest BCUT2D eigenvalue weighted by Gasteiger charge is 2.23. The Balaban J connectivity index is 3.49. The van der Waals surface area contributed by atoms with Gasteiger partial charge in [0.15, 0.2) is 6.20 Å². The summed E-state index contributed by atoms with van der Waals surface area (Å²) in [6.45, 7) is 1.51. The molecule has 6 heteroatoms. The lowest BCUT2D eigenvalue weighted by Gasteiger charge is -2.01. The predicted octanol–water partition coefficient (Wildman–Crippen LogP) is 0.670. The minimum atomic E-state index is -1.16. The first-order valence-electron chi connectivity index (χ1n) is 3.69. The van der Waals surface area contributed by atoms with E-state index in [1.807, 2.05) is 0 Å². The van der Waals surface area contributed by atoms with Crippen LogP contribution in [-0.4, -0.2) is 17.1 Å². The number of carbonyl (C=O) groups excluding carboxylic acids is 1. The van der Waals surface area contributed by atoms with Crippen molar-refractivity contribution >= 4 is 27.9 Å². The predicted molar refractivity (Wildman–Crippen MR) is 51.0 cm³/mol. The van der Waals surface area contributed by atoms with E-state index in [9.17, 15) is 9.59 Å². The zero-order valence-corrected chi connectivity index (χ0v) is 8.91. The van der Waals surface area contributed by atoms with Crippen molar-refractivity contribution in [3.05, 3.63) is 28.0 Å². The van der Waals surface area contributed by atoms with Crippen LogP contribution in [0.5, 0.6) is 0 Å². The summed E-state index contributed by atoms with van der Waals surface area (Å²) >= 11 is 3.12. The zero-order chi connectivity index (χ0) is 10.9. The summed E-state index contributed by atoms with van der Waals surface area (Å²) in [7, 11) is 0. The first-order chi connectivity index (χ1) is 6.45. The lowest BCUT2D eigenvalue weighted by Crippen LogP contribution is -2.45. The molecule has 0 spiro atoms. The van der Waals surface area contributed by atoms with Crippen molar-refractivity contribution in [2.45, 2.75) is 6.92 Å². The Morgan fingerprint density at radius 2 is 2.14 bits per heavy atom.